The average molecular weight is 479 g/mol. The van der Waals surface area contributed by atoms with Crippen LogP contribution in [0.1, 0.15) is 18.4 Å². The van der Waals surface area contributed by atoms with E-state index < -0.39 is 36.4 Å². The van der Waals surface area contributed by atoms with Crippen molar-refractivity contribution in [2.24, 2.45) is 0 Å². The molecule has 14 heteroatoms. The number of aromatic nitrogens is 2. The highest BCUT2D eigenvalue weighted by Crippen LogP contribution is 2.35. The summed E-state index contributed by atoms with van der Waals surface area (Å²) in [5.74, 6) is -1.40. The molecule has 4 atom stereocenters. The summed E-state index contributed by atoms with van der Waals surface area (Å²) in [6.45, 7) is 0.583. The van der Waals surface area contributed by atoms with E-state index in [1.165, 1.54) is 18.1 Å². The quantitative estimate of drug-likeness (QED) is 0.351. The number of aliphatic hydroxyl groups excluding tert-OH is 1. The Labute approximate surface area is 186 Å². The van der Waals surface area contributed by atoms with Gasteiger partial charge in [-0.2, -0.15) is 24.9 Å². The Morgan fingerprint density at radius 2 is 2.22 bits per heavy atom. The smallest absolute Gasteiger partial charge is 0.467 e. The van der Waals surface area contributed by atoms with E-state index in [2.05, 4.69) is 14.7 Å². The largest absolute Gasteiger partial charge is 0.471 e. The molecule has 1 amide bonds. The highest BCUT2D eigenvalue weighted by atomic mass is 32.2. The number of aliphatic hydroxyl groups is 1. The van der Waals surface area contributed by atoms with E-state index in [-0.39, 0.29) is 18.3 Å². The van der Waals surface area contributed by atoms with Gasteiger partial charge in [0.1, 0.15) is 30.1 Å². The molecule has 0 radical (unpaired) electrons. The van der Waals surface area contributed by atoms with E-state index in [0.29, 0.717) is 36.8 Å². The summed E-state index contributed by atoms with van der Waals surface area (Å²) in [5.41, 5.74) is 6.70. The molecule has 0 spiro atoms. The molecule has 178 valence electrons. The number of thioether (sulfide) groups is 1. The third kappa shape index (κ3) is 5.53. The number of hydrogen-bond acceptors (Lipinski definition) is 10. The average Bonchev–Trinajstić information content (AvgIpc) is 3.32. The van der Waals surface area contributed by atoms with Gasteiger partial charge >= 0.3 is 18.1 Å². The van der Waals surface area contributed by atoms with Crippen LogP contribution in [0.5, 0.6) is 0 Å². The van der Waals surface area contributed by atoms with E-state index in [0.717, 1.165) is 12.7 Å². The summed E-state index contributed by atoms with van der Waals surface area (Å²) in [5, 5.41) is 12.1. The lowest BCUT2D eigenvalue weighted by Crippen LogP contribution is -2.47. The van der Waals surface area contributed by atoms with Crippen LogP contribution in [0, 0.1) is 0 Å². The normalized spacial score (nSPS) is 23.7. The number of carbonyl (C=O) groups is 2. The number of nitrogens with zero attached hydrogens (tertiary/aromatic N) is 3. The Kier molecular flexibility index (Phi) is 7.67. The molecule has 1 aromatic rings. The first-order valence-corrected chi connectivity index (χ1v) is 11.0. The van der Waals surface area contributed by atoms with Crippen LogP contribution in [-0.4, -0.2) is 82.8 Å². The molecule has 3 heterocycles. The number of ether oxygens (including phenoxy) is 2. The van der Waals surface area contributed by atoms with Crippen molar-refractivity contribution in [1.29, 1.82) is 0 Å². The van der Waals surface area contributed by atoms with Gasteiger partial charge in [0.05, 0.1) is 13.2 Å². The van der Waals surface area contributed by atoms with Crippen LogP contribution >= 0.6 is 11.8 Å². The number of halogens is 3. The molecule has 2 aliphatic heterocycles. The van der Waals surface area contributed by atoms with Crippen molar-refractivity contribution in [2.75, 3.05) is 35.8 Å². The lowest BCUT2D eigenvalue weighted by atomic mass is 10.2. The Balaban J connectivity index is 1.48. The minimum absolute atomic E-state index is 0.0481. The van der Waals surface area contributed by atoms with Crippen LogP contribution in [0.25, 0.3) is 0 Å². The number of rotatable bonds is 8. The molecular weight excluding hydrogens is 455 g/mol. The first-order chi connectivity index (χ1) is 15.1. The van der Waals surface area contributed by atoms with Gasteiger partial charge in [0.15, 0.2) is 6.23 Å². The van der Waals surface area contributed by atoms with E-state index in [1.54, 1.807) is 5.32 Å². The third-order valence-corrected chi connectivity index (χ3v) is 6.34. The SMILES string of the molecule is COC(=O)C(CCSC[C@@H]1C[C@@H](O)[C@H](N2CCc3c(N)ncnc32)O1)NC(=O)C(F)(F)F. The van der Waals surface area contributed by atoms with Crippen molar-refractivity contribution < 1.29 is 37.3 Å². The van der Waals surface area contributed by atoms with Gasteiger partial charge in [0.2, 0.25) is 0 Å². The van der Waals surface area contributed by atoms with E-state index in [9.17, 15) is 27.9 Å². The fourth-order valence-electron chi connectivity index (χ4n) is 3.65. The minimum Gasteiger partial charge on any atom is -0.467 e. The zero-order valence-corrected chi connectivity index (χ0v) is 18.0. The molecule has 0 saturated carbocycles. The van der Waals surface area contributed by atoms with E-state index >= 15 is 0 Å². The second-order valence-electron chi connectivity index (χ2n) is 7.37. The van der Waals surface area contributed by atoms with Gasteiger partial charge in [0, 0.05) is 24.3 Å². The monoisotopic (exact) mass is 479 g/mol. The van der Waals surface area contributed by atoms with Gasteiger partial charge in [-0.1, -0.05) is 0 Å². The lowest BCUT2D eigenvalue weighted by Gasteiger charge is -2.27. The maximum absolute atomic E-state index is 12.5. The number of hydrogen-bond donors (Lipinski definition) is 3. The molecule has 0 aromatic carbocycles. The number of nitrogens with two attached hydrogens (primary N) is 1. The van der Waals surface area contributed by atoms with E-state index in [1.807, 2.05) is 4.90 Å². The maximum atomic E-state index is 12.5. The van der Waals surface area contributed by atoms with Gasteiger partial charge in [-0.3, -0.25) is 4.79 Å². The zero-order chi connectivity index (χ0) is 23.5. The van der Waals surface area contributed by atoms with Crippen molar-refractivity contribution in [2.45, 2.75) is 49.9 Å². The molecular formula is C18H24F3N5O5S. The summed E-state index contributed by atoms with van der Waals surface area (Å²) in [7, 11) is 1.03. The summed E-state index contributed by atoms with van der Waals surface area (Å²) in [4.78, 5) is 32.9. The topological polar surface area (TPSA) is 140 Å². The molecule has 10 nitrogen and oxygen atoms in total. The van der Waals surface area contributed by atoms with Crippen LogP contribution in [0.15, 0.2) is 6.33 Å². The molecule has 3 rings (SSSR count). The van der Waals surface area contributed by atoms with Gasteiger partial charge in [-0.15, -0.1) is 0 Å². The summed E-state index contributed by atoms with van der Waals surface area (Å²) >= 11 is 1.34. The van der Waals surface area contributed by atoms with Crippen LogP contribution in [-0.2, 0) is 25.5 Å². The highest BCUT2D eigenvalue weighted by Gasteiger charge is 2.42. The van der Waals surface area contributed by atoms with Gasteiger partial charge in [-0.25, -0.2) is 14.8 Å². The minimum atomic E-state index is -5.09. The number of methoxy groups -OCH3 is 1. The molecule has 0 bridgehead atoms. The Morgan fingerprint density at radius 3 is 2.91 bits per heavy atom. The number of esters is 1. The second kappa shape index (κ2) is 10.1. The molecule has 1 unspecified atom stereocenters. The van der Waals surface area contributed by atoms with Crippen LogP contribution in [0.4, 0.5) is 24.8 Å². The first-order valence-electron chi connectivity index (χ1n) is 9.84. The number of alkyl halides is 3. The number of nitrogens with one attached hydrogen (secondary N) is 1. The third-order valence-electron chi connectivity index (χ3n) is 5.21. The molecule has 32 heavy (non-hydrogen) atoms. The standard InChI is InChI=1S/C18H24F3N5O5S/c1-30-16(28)11(25-17(29)18(19,20)21)3-5-32-7-9-6-12(27)15(31-9)26-4-2-10-13(22)23-8-24-14(10)26/h8-9,11-12,15,27H,2-7H2,1H3,(H,25,29)(H2,22,23,24)/t9-,11?,12+,15+/m0/s1. The first kappa shape index (κ1) is 24.3. The number of nitrogen functional groups attached to an aromatic ring is 1. The molecule has 4 N–H and O–H groups in total. The van der Waals surface area contributed by atoms with Crippen molar-refractivity contribution in [3.63, 3.8) is 0 Å². The summed E-state index contributed by atoms with van der Waals surface area (Å²) in [6.07, 6.45) is -4.41. The molecule has 1 fully saturated rings. The molecule has 2 aliphatic rings. The van der Waals surface area contributed by atoms with Gasteiger partial charge in [-0.05, 0) is 18.6 Å². The second-order valence-corrected chi connectivity index (χ2v) is 8.52. The van der Waals surface area contributed by atoms with E-state index in [4.69, 9.17) is 10.5 Å². The fraction of sp³-hybridized carbons (Fsp3) is 0.667. The maximum Gasteiger partial charge on any atom is 0.471 e. The number of amides is 1. The van der Waals surface area contributed by atoms with Gasteiger partial charge in [0.25, 0.3) is 0 Å². The van der Waals surface area contributed by atoms with Crippen molar-refractivity contribution >= 4 is 35.3 Å². The number of fused-ring (bicyclic) bond motifs is 1. The number of anilines is 2. The van der Waals surface area contributed by atoms with Crippen molar-refractivity contribution in [3.8, 4) is 0 Å². The van der Waals surface area contributed by atoms with Crippen LogP contribution in [0.3, 0.4) is 0 Å². The summed E-state index contributed by atoms with van der Waals surface area (Å²) in [6, 6.07) is -1.41. The summed E-state index contributed by atoms with van der Waals surface area (Å²) < 4.78 is 47.8. The molecule has 1 aromatic heterocycles. The highest BCUT2D eigenvalue weighted by molar-refractivity contribution is 7.99. The lowest BCUT2D eigenvalue weighted by molar-refractivity contribution is -0.175. The zero-order valence-electron chi connectivity index (χ0n) is 17.2. The Hall–Kier alpha value is -2.32. The molecule has 0 aliphatic carbocycles. The fourth-order valence-corrected chi connectivity index (χ4v) is 4.70. The molecule has 1 saturated heterocycles. The van der Waals surface area contributed by atoms with Gasteiger partial charge < -0.3 is 30.5 Å². The van der Waals surface area contributed by atoms with Crippen LogP contribution < -0.4 is 16.0 Å². The Bertz CT molecular complexity index is 846. The van der Waals surface area contributed by atoms with Crippen molar-refractivity contribution in [3.05, 3.63) is 11.9 Å². The van der Waals surface area contributed by atoms with Crippen molar-refractivity contribution in [1.82, 2.24) is 15.3 Å². The Morgan fingerprint density at radius 1 is 1.47 bits per heavy atom. The number of carbonyl (C=O) groups excluding carboxylic acids is 2. The van der Waals surface area contributed by atoms with Crippen LogP contribution in [0.2, 0.25) is 0 Å². The predicted molar refractivity (Wildman–Crippen MR) is 109 cm³/mol. The predicted octanol–water partition coefficient (Wildman–Crippen LogP) is 0.241.